The molecule has 1 N–H and O–H groups in total. The summed E-state index contributed by atoms with van der Waals surface area (Å²) in [6, 6.07) is 4.04. The molecule has 5 heteroatoms. The Morgan fingerprint density at radius 3 is 2.62 bits per heavy atom. The van der Waals surface area contributed by atoms with Gasteiger partial charge in [0, 0.05) is 17.2 Å². The summed E-state index contributed by atoms with van der Waals surface area (Å²) in [5.41, 5.74) is 0. The van der Waals surface area contributed by atoms with E-state index in [1.54, 1.807) is 18.3 Å². The fraction of sp³-hybridized carbons (Fsp3) is 0.636. The molecule has 0 aliphatic carbocycles. The Balaban J connectivity index is 2.75. The Labute approximate surface area is 102 Å². The monoisotopic (exact) mass is 261 g/mol. The molecule has 0 aromatic carbocycles. The Kier molecular flexibility index (Phi) is 4.95. The molecular weight excluding hydrogens is 242 g/mol. The van der Waals surface area contributed by atoms with Crippen LogP contribution >= 0.6 is 11.3 Å². The highest BCUT2D eigenvalue weighted by atomic mass is 32.2. The lowest BCUT2D eigenvalue weighted by molar-refractivity contribution is 0.496. The van der Waals surface area contributed by atoms with Crippen LogP contribution in [0.2, 0.25) is 0 Å². The summed E-state index contributed by atoms with van der Waals surface area (Å²) in [6.07, 6.45) is 2.08. The minimum atomic E-state index is -2.99. The van der Waals surface area contributed by atoms with Gasteiger partial charge in [0.25, 0.3) is 0 Å². The predicted octanol–water partition coefficient (Wildman–Crippen LogP) is 1.70. The zero-order valence-corrected chi connectivity index (χ0v) is 11.6. The van der Waals surface area contributed by atoms with Crippen molar-refractivity contribution in [3.8, 4) is 0 Å². The van der Waals surface area contributed by atoms with Crippen molar-refractivity contribution >= 4 is 21.2 Å². The summed E-state index contributed by atoms with van der Waals surface area (Å²) in [5, 5.41) is 4.92. The maximum absolute atomic E-state index is 11.5. The number of nitrogens with one attached hydrogen (secondary N) is 1. The molecule has 0 radical (unpaired) electrons. The van der Waals surface area contributed by atoms with Crippen LogP contribution in [0.4, 0.5) is 0 Å². The molecule has 0 aliphatic rings. The molecule has 1 aromatic heterocycles. The highest BCUT2D eigenvalue weighted by Crippen LogP contribution is 2.15. The fourth-order valence-corrected chi connectivity index (χ4v) is 3.16. The number of thiophene rings is 1. The van der Waals surface area contributed by atoms with Gasteiger partial charge in [0.2, 0.25) is 0 Å². The second kappa shape index (κ2) is 5.80. The molecule has 1 aromatic rings. The number of rotatable bonds is 6. The van der Waals surface area contributed by atoms with E-state index in [-0.39, 0.29) is 11.3 Å². The molecule has 0 saturated carbocycles. The van der Waals surface area contributed by atoms with Crippen LogP contribution in [0.25, 0.3) is 0 Å². The summed E-state index contributed by atoms with van der Waals surface area (Å²) >= 11 is 1.67. The second-order valence-electron chi connectivity index (χ2n) is 3.98. The van der Waals surface area contributed by atoms with Gasteiger partial charge in [0.1, 0.15) is 0 Å². The lowest BCUT2D eigenvalue weighted by atomic mass is 10.1. The van der Waals surface area contributed by atoms with Gasteiger partial charge in [-0.3, -0.25) is 0 Å². The van der Waals surface area contributed by atoms with Crippen molar-refractivity contribution in [2.24, 2.45) is 0 Å². The molecule has 0 amide bonds. The van der Waals surface area contributed by atoms with Gasteiger partial charge < -0.3 is 5.32 Å². The Morgan fingerprint density at radius 2 is 2.19 bits per heavy atom. The van der Waals surface area contributed by atoms with Crippen molar-refractivity contribution in [2.45, 2.75) is 31.6 Å². The smallest absolute Gasteiger partial charge is 0.151 e. The van der Waals surface area contributed by atoms with Crippen LogP contribution in [0.3, 0.4) is 0 Å². The van der Waals surface area contributed by atoms with Crippen LogP contribution < -0.4 is 5.32 Å². The van der Waals surface area contributed by atoms with Crippen LogP contribution in [0, 0.1) is 0 Å². The van der Waals surface area contributed by atoms with Crippen LogP contribution in [-0.4, -0.2) is 32.5 Å². The number of hydrogen-bond acceptors (Lipinski definition) is 4. The van der Waals surface area contributed by atoms with Gasteiger partial charge in [-0.2, -0.15) is 0 Å². The fourth-order valence-electron chi connectivity index (χ4n) is 1.61. The van der Waals surface area contributed by atoms with Crippen LogP contribution in [0.1, 0.15) is 18.7 Å². The van der Waals surface area contributed by atoms with Crippen LogP contribution in [-0.2, 0) is 16.3 Å². The maximum atomic E-state index is 11.5. The molecule has 0 saturated heterocycles. The molecule has 1 rings (SSSR count). The van der Waals surface area contributed by atoms with E-state index in [4.69, 9.17) is 0 Å². The number of sulfone groups is 1. The topological polar surface area (TPSA) is 46.2 Å². The van der Waals surface area contributed by atoms with Gasteiger partial charge in [-0.1, -0.05) is 13.0 Å². The van der Waals surface area contributed by atoms with E-state index >= 15 is 0 Å². The first-order chi connectivity index (χ1) is 7.45. The molecule has 0 fully saturated rings. The predicted molar refractivity (Wildman–Crippen MR) is 69.8 cm³/mol. The van der Waals surface area contributed by atoms with E-state index < -0.39 is 9.84 Å². The van der Waals surface area contributed by atoms with Crippen molar-refractivity contribution < 1.29 is 8.42 Å². The molecule has 2 unspecified atom stereocenters. The minimum Gasteiger partial charge on any atom is -0.313 e. The van der Waals surface area contributed by atoms with Gasteiger partial charge in [0.15, 0.2) is 9.84 Å². The first-order valence-electron chi connectivity index (χ1n) is 5.39. The first-order valence-corrected chi connectivity index (χ1v) is 8.23. The lowest BCUT2D eigenvalue weighted by Gasteiger charge is -2.22. The quantitative estimate of drug-likeness (QED) is 0.848. The third-order valence-electron chi connectivity index (χ3n) is 2.71. The third-order valence-corrected chi connectivity index (χ3v) is 5.29. The van der Waals surface area contributed by atoms with Crippen molar-refractivity contribution in [3.63, 3.8) is 0 Å². The zero-order chi connectivity index (χ0) is 12.2. The maximum Gasteiger partial charge on any atom is 0.151 e. The van der Waals surface area contributed by atoms with Gasteiger partial charge in [-0.25, -0.2) is 8.42 Å². The average molecular weight is 261 g/mol. The second-order valence-corrected chi connectivity index (χ2v) is 7.42. The molecule has 1 heterocycles. The molecule has 0 aliphatic heterocycles. The Morgan fingerprint density at radius 1 is 1.50 bits per heavy atom. The highest BCUT2D eigenvalue weighted by molar-refractivity contribution is 7.91. The summed E-state index contributed by atoms with van der Waals surface area (Å²) in [4.78, 5) is 1.22. The van der Waals surface area contributed by atoms with Crippen molar-refractivity contribution in [1.29, 1.82) is 0 Å². The van der Waals surface area contributed by atoms with Crippen molar-refractivity contribution in [2.75, 3.05) is 12.8 Å². The normalized spacial score (nSPS) is 15.9. The highest BCUT2D eigenvalue weighted by Gasteiger charge is 2.25. The van der Waals surface area contributed by atoms with Crippen LogP contribution in [0.15, 0.2) is 17.5 Å². The summed E-state index contributed by atoms with van der Waals surface area (Å²) < 4.78 is 23.1. The molecule has 0 bridgehead atoms. The molecular formula is C11H19NO2S2. The molecule has 3 nitrogen and oxygen atoms in total. The van der Waals surface area contributed by atoms with E-state index in [0.717, 1.165) is 13.0 Å². The van der Waals surface area contributed by atoms with Gasteiger partial charge in [-0.15, -0.1) is 11.3 Å². The van der Waals surface area contributed by atoms with E-state index in [1.165, 1.54) is 11.1 Å². The van der Waals surface area contributed by atoms with Crippen molar-refractivity contribution in [3.05, 3.63) is 22.4 Å². The lowest BCUT2D eigenvalue weighted by Crippen LogP contribution is -2.43. The summed E-state index contributed by atoms with van der Waals surface area (Å²) in [7, 11) is -2.99. The van der Waals surface area contributed by atoms with E-state index in [9.17, 15) is 8.42 Å². The number of likely N-dealkylation sites (N-methyl/N-ethyl adjacent to an activating group) is 1. The Hall–Kier alpha value is -0.390. The van der Waals surface area contributed by atoms with E-state index in [0.29, 0.717) is 0 Å². The third kappa shape index (κ3) is 3.88. The van der Waals surface area contributed by atoms with Crippen LogP contribution in [0.5, 0.6) is 0 Å². The first kappa shape index (κ1) is 13.7. The summed E-state index contributed by atoms with van der Waals surface area (Å²) in [5.74, 6) is 0. The van der Waals surface area contributed by atoms with E-state index in [1.807, 2.05) is 24.4 Å². The van der Waals surface area contributed by atoms with Gasteiger partial charge in [0.05, 0.1) is 5.25 Å². The van der Waals surface area contributed by atoms with Gasteiger partial charge >= 0.3 is 0 Å². The molecule has 0 spiro atoms. The summed E-state index contributed by atoms with van der Waals surface area (Å²) in [6.45, 7) is 4.56. The standard InChI is InChI=1S/C11H19NO2S2/c1-4-12-11(9(2)16(3,13)14)8-10-6-5-7-15-10/h5-7,9,11-12H,4,8H2,1-3H3. The molecule has 92 valence electrons. The largest absolute Gasteiger partial charge is 0.313 e. The molecule has 16 heavy (non-hydrogen) atoms. The SMILES string of the molecule is CCNC(Cc1cccs1)C(C)S(C)(=O)=O. The van der Waals surface area contributed by atoms with E-state index in [2.05, 4.69) is 5.32 Å². The zero-order valence-electron chi connectivity index (χ0n) is 9.93. The van der Waals surface area contributed by atoms with Crippen molar-refractivity contribution in [1.82, 2.24) is 5.32 Å². The number of hydrogen-bond donors (Lipinski definition) is 1. The Bertz CT molecular complexity index is 398. The van der Waals surface area contributed by atoms with Gasteiger partial charge in [-0.05, 0) is 31.3 Å². The average Bonchev–Trinajstić information content (AvgIpc) is 2.67. The minimum absolute atomic E-state index is 0.00125. The molecule has 2 atom stereocenters.